The minimum Gasteiger partial charge on any atom is -0.123 e. The van der Waals surface area contributed by atoms with Gasteiger partial charge in [-0.05, 0) is 30.7 Å². The van der Waals surface area contributed by atoms with Crippen LogP contribution in [-0.2, 0) is 0 Å². The maximum Gasteiger partial charge on any atom is 0.0341 e. The quantitative estimate of drug-likeness (QED) is 0.594. The molecule has 1 fully saturated rings. The third-order valence-electron chi connectivity index (χ3n) is 2.88. The van der Waals surface area contributed by atoms with Crippen molar-refractivity contribution in [1.82, 2.24) is 0 Å². The van der Waals surface area contributed by atoms with Crippen molar-refractivity contribution in [1.29, 1.82) is 0 Å². The fourth-order valence-electron chi connectivity index (χ4n) is 2.16. The maximum absolute atomic E-state index is 6.16. The van der Waals surface area contributed by atoms with Gasteiger partial charge in [0.05, 0.1) is 0 Å². The summed E-state index contributed by atoms with van der Waals surface area (Å²) in [4.78, 5) is 0. The number of benzene rings is 1. The molecule has 0 aliphatic heterocycles. The summed E-state index contributed by atoms with van der Waals surface area (Å²) < 4.78 is 0. The Morgan fingerprint density at radius 3 is 2.54 bits per heavy atom. The Balaban J connectivity index is 2.08. The van der Waals surface area contributed by atoms with Crippen molar-refractivity contribution in [3.63, 3.8) is 0 Å². The van der Waals surface area contributed by atoms with Crippen LogP contribution in [0.4, 0.5) is 0 Å². The Bertz CT molecular complexity index is 255. The van der Waals surface area contributed by atoms with E-state index in [1.807, 2.05) is 0 Å². The van der Waals surface area contributed by atoms with E-state index in [1.165, 1.54) is 24.8 Å². The minimum absolute atomic E-state index is 0.402. The highest BCUT2D eigenvalue weighted by Crippen LogP contribution is 2.34. The molecule has 0 N–H and O–H groups in total. The lowest BCUT2D eigenvalue weighted by Gasteiger charge is -2.25. The van der Waals surface area contributed by atoms with Crippen molar-refractivity contribution in [2.45, 2.75) is 37.0 Å². The minimum atomic E-state index is 0.402. The average Bonchev–Trinajstić information content (AvgIpc) is 2.19. The van der Waals surface area contributed by atoms with Crippen molar-refractivity contribution >= 4 is 11.6 Å². The summed E-state index contributed by atoms with van der Waals surface area (Å²) in [7, 11) is 0. The van der Waals surface area contributed by atoms with E-state index < -0.39 is 0 Å². The zero-order valence-corrected chi connectivity index (χ0v) is 8.50. The maximum atomic E-state index is 6.16. The van der Waals surface area contributed by atoms with Gasteiger partial charge < -0.3 is 0 Å². The molecular weight excluding hydrogens is 180 g/mol. The molecule has 1 saturated carbocycles. The molecule has 1 aliphatic carbocycles. The Labute approximate surface area is 84.9 Å². The standard InChI is InChI=1S/C12H15Cl/c13-12-8-4-7-11(9-12)10-5-2-1-3-6-10/h1-3,5-6,11-12H,4,7-9H2. The van der Waals surface area contributed by atoms with E-state index in [2.05, 4.69) is 30.3 Å². The molecule has 1 aromatic carbocycles. The van der Waals surface area contributed by atoms with Crippen LogP contribution in [0.3, 0.4) is 0 Å². The van der Waals surface area contributed by atoms with Crippen LogP contribution in [0.15, 0.2) is 30.3 Å². The van der Waals surface area contributed by atoms with Crippen LogP contribution in [0.1, 0.15) is 37.2 Å². The summed E-state index contributed by atoms with van der Waals surface area (Å²) in [5.74, 6) is 0.706. The van der Waals surface area contributed by atoms with Crippen LogP contribution in [-0.4, -0.2) is 5.38 Å². The summed E-state index contributed by atoms with van der Waals surface area (Å²) >= 11 is 6.16. The van der Waals surface area contributed by atoms with Gasteiger partial charge in [0.1, 0.15) is 0 Å². The molecule has 0 spiro atoms. The van der Waals surface area contributed by atoms with Crippen LogP contribution in [0, 0.1) is 0 Å². The number of alkyl halides is 1. The summed E-state index contributed by atoms with van der Waals surface area (Å²) in [6.45, 7) is 0. The summed E-state index contributed by atoms with van der Waals surface area (Å²) in [5, 5.41) is 0.402. The molecule has 0 bridgehead atoms. The van der Waals surface area contributed by atoms with Gasteiger partial charge in [0, 0.05) is 5.38 Å². The van der Waals surface area contributed by atoms with Crippen molar-refractivity contribution < 1.29 is 0 Å². The molecule has 0 radical (unpaired) electrons. The van der Waals surface area contributed by atoms with E-state index in [9.17, 15) is 0 Å². The molecule has 1 heteroatoms. The smallest absolute Gasteiger partial charge is 0.0341 e. The van der Waals surface area contributed by atoms with E-state index in [1.54, 1.807) is 0 Å². The molecule has 0 saturated heterocycles. The van der Waals surface area contributed by atoms with Gasteiger partial charge in [0.15, 0.2) is 0 Å². The molecule has 2 atom stereocenters. The first-order valence-corrected chi connectivity index (χ1v) is 5.49. The van der Waals surface area contributed by atoms with Crippen molar-refractivity contribution in [2.75, 3.05) is 0 Å². The Morgan fingerprint density at radius 1 is 1.08 bits per heavy atom. The van der Waals surface area contributed by atoms with Gasteiger partial charge in [-0.3, -0.25) is 0 Å². The lowest BCUT2D eigenvalue weighted by Crippen LogP contribution is -2.13. The highest BCUT2D eigenvalue weighted by molar-refractivity contribution is 6.20. The van der Waals surface area contributed by atoms with Gasteiger partial charge in [0.25, 0.3) is 0 Å². The molecule has 2 unspecified atom stereocenters. The monoisotopic (exact) mass is 194 g/mol. The van der Waals surface area contributed by atoms with Gasteiger partial charge in [0.2, 0.25) is 0 Å². The topological polar surface area (TPSA) is 0 Å². The summed E-state index contributed by atoms with van der Waals surface area (Å²) in [5.41, 5.74) is 1.47. The van der Waals surface area contributed by atoms with E-state index >= 15 is 0 Å². The third-order valence-corrected chi connectivity index (χ3v) is 3.28. The first-order valence-electron chi connectivity index (χ1n) is 5.05. The molecule has 70 valence electrons. The van der Waals surface area contributed by atoms with Crippen LogP contribution < -0.4 is 0 Å². The second kappa shape index (κ2) is 4.15. The first kappa shape index (κ1) is 9.08. The van der Waals surface area contributed by atoms with Crippen molar-refractivity contribution in [3.8, 4) is 0 Å². The van der Waals surface area contributed by atoms with Gasteiger partial charge in [-0.15, -0.1) is 11.6 Å². The van der Waals surface area contributed by atoms with Crippen molar-refractivity contribution in [3.05, 3.63) is 35.9 Å². The molecule has 13 heavy (non-hydrogen) atoms. The fourth-order valence-corrected chi connectivity index (χ4v) is 2.53. The number of hydrogen-bond acceptors (Lipinski definition) is 0. The van der Waals surface area contributed by atoms with E-state index in [4.69, 9.17) is 11.6 Å². The van der Waals surface area contributed by atoms with E-state index in [0.29, 0.717) is 11.3 Å². The lowest BCUT2D eigenvalue weighted by molar-refractivity contribution is 0.449. The first-order chi connectivity index (χ1) is 6.36. The molecule has 0 heterocycles. The predicted molar refractivity (Wildman–Crippen MR) is 57.3 cm³/mol. The van der Waals surface area contributed by atoms with Crippen LogP contribution in [0.5, 0.6) is 0 Å². The van der Waals surface area contributed by atoms with Gasteiger partial charge >= 0.3 is 0 Å². The number of halogens is 1. The van der Waals surface area contributed by atoms with Crippen molar-refractivity contribution in [2.24, 2.45) is 0 Å². The predicted octanol–water partition coefficient (Wildman–Crippen LogP) is 3.95. The molecule has 0 nitrogen and oxygen atoms in total. The largest absolute Gasteiger partial charge is 0.123 e. The Kier molecular flexibility index (Phi) is 2.90. The average molecular weight is 195 g/mol. The molecule has 0 amide bonds. The Hall–Kier alpha value is -0.490. The third kappa shape index (κ3) is 2.25. The zero-order valence-electron chi connectivity index (χ0n) is 7.75. The Morgan fingerprint density at radius 2 is 1.85 bits per heavy atom. The van der Waals surface area contributed by atoms with Gasteiger partial charge in [-0.2, -0.15) is 0 Å². The normalized spacial score (nSPS) is 28.7. The van der Waals surface area contributed by atoms with E-state index in [-0.39, 0.29) is 0 Å². The molecule has 1 aromatic rings. The SMILES string of the molecule is ClC1CCCC(c2ccccc2)C1. The van der Waals surface area contributed by atoms with Crippen LogP contribution in [0.25, 0.3) is 0 Å². The summed E-state index contributed by atoms with van der Waals surface area (Å²) in [6.07, 6.45) is 4.96. The highest BCUT2D eigenvalue weighted by atomic mass is 35.5. The van der Waals surface area contributed by atoms with Crippen LogP contribution >= 0.6 is 11.6 Å². The number of rotatable bonds is 1. The van der Waals surface area contributed by atoms with Crippen LogP contribution in [0.2, 0.25) is 0 Å². The second-order valence-electron chi connectivity index (χ2n) is 3.87. The molecule has 2 rings (SSSR count). The molecule has 1 aliphatic rings. The zero-order chi connectivity index (χ0) is 9.10. The highest BCUT2D eigenvalue weighted by Gasteiger charge is 2.20. The molecular formula is C12H15Cl. The lowest BCUT2D eigenvalue weighted by atomic mass is 9.84. The van der Waals surface area contributed by atoms with Gasteiger partial charge in [-0.1, -0.05) is 36.8 Å². The molecule has 0 aromatic heterocycles. The van der Waals surface area contributed by atoms with Gasteiger partial charge in [-0.25, -0.2) is 0 Å². The fraction of sp³-hybridized carbons (Fsp3) is 0.500. The summed E-state index contributed by atoms with van der Waals surface area (Å²) in [6, 6.07) is 10.8. The number of hydrogen-bond donors (Lipinski definition) is 0. The van der Waals surface area contributed by atoms with E-state index in [0.717, 1.165) is 6.42 Å². The second-order valence-corrected chi connectivity index (χ2v) is 4.49.